The van der Waals surface area contributed by atoms with E-state index in [0.717, 1.165) is 44.7 Å². The molecule has 182 valence electrons. The van der Waals surface area contributed by atoms with Crippen LogP contribution in [0, 0.1) is 13.8 Å². The Morgan fingerprint density at radius 1 is 1.00 bits per heavy atom. The summed E-state index contributed by atoms with van der Waals surface area (Å²) in [4.78, 5) is 27.7. The molecule has 1 aromatic heterocycles. The van der Waals surface area contributed by atoms with Crippen LogP contribution in [0.2, 0.25) is 0 Å². The number of alkyl halides is 3. The third kappa shape index (κ3) is 3.82. The van der Waals surface area contributed by atoms with Crippen molar-refractivity contribution in [2.75, 3.05) is 11.7 Å². The van der Waals surface area contributed by atoms with Crippen molar-refractivity contribution >= 4 is 17.7 Å². The number of carbonyl (C=O) groups is 1. The Balaban J connectivity index is 1.79. The smallest absolute Gasteiger partial charge is 0.306 e. The number of benzene rings is 2. The second kappa shape index (κ2) is 8.48. The zero-order chi connectivity index (χ0) is 25.1. The van der Waals surface area contributed by atoms with Crippen molar-refractivity contribution < 1.29 is 18.0 Å². The van der Waals surface area contributed by atoms with Crippen LogP contribution in [-0.2, 0) is 5.75 Å². The first kappa shape index (κ1) is 23.5. The molecule has 0 N–H and O–H groups in total. The lowest BCUT2D eigenvalue weighted by Gasteiger charge is -2.46. The summed E-state index contributed by atoms with van der Waals surface area (Å²) in [6.45, 7) is 4.21. The van der Waals surface area contributed by atoms with Gasteiger partial charge < -0.3 is 4.90 Å². The van der Waals surface area contributed by atoms with Crippen LogP contribution in [0.5, 0.6) is 0 Å². The van der Waals surface area contributed by atoms with E-state index in [0.29, 0.717) is 0 Å². The van der Waals surface area contributed by atoms with E-state index in [1.54, 1.807) is 21.4 Å². The largest absolute Gasteiger partial charge is 0.408 e. The van der Waals surface area contributed by atoms with Crippen LogP contribution in [-0.4, -0.2) is 34.4 Å². The van der Waals surface area contributed by atoms with Gasteiger partial charge >= 0.3 is 6.18 Å². The minimum atomic E-state index is -4.61. The number of fused-ring (bicyclic) bond motifs is 3. The highest BCUT2D eigenvalue weighted by Crippen LogP contribution is 2.44. The Morgan fingerprint density at radius 2 is 1.71 bits per heavy atom. The molecule has 1 unspecified atom stereocenters. The summed E-state index contributed by atoms with van der Waals surface area (Å²) in [6.07, 6.45) is -3.12. The predicted octanol–water partition coefficient (Wildman–Crippen LogP) is 5.16. The molecular weight excluding hydrogens is 475 g/mol. The highest BCUT2D eigenvalue weighted by molar-refractivity contribution is 7.98. The number of hydrogen-bond acceptors (Lipinski definition) is 4. The first-order chi connectivity index (χ1) is 16.6. The number of aromatic nitrogens is 1. The standard InChI is InChI=1S/C26H24F3N3O2S/c1-15-7-6-9-18-20(15)13-35-22-10-5-4-8-19(22)24(18)32-14-30(17(3)26(27,28)29)25(34)23-16(2)21(33)11-12-31(23)32/h4-12,17,24H,13-14H2,1-3H3/t17?,24-/m1/s1. The second-order valence-electron chi connectivity index (χ2n) is 8.94. The monoisotopic (exact) mass is 499 g/mol. The lowest BCUT2D eigenvalue weighted by atomic mass is 9.92. The molecule has 0 bridgehead atoms. The van der Waals surface area contributed by atoms with Crippen molar-refractivity contribution in [1.82, 2.24) is 9.58 Å². The Morgan fingerprint density at radius 3 is 2.46 bits per heavy atom. The molecule has 35 heavy (non-hydrogen) atoms. The van der Waals surface area contributed by atoms with Gasteiger partial charge in [-0.3, -0.25) is 19.3 Å². The van der Waals surface area contributed by atoms with Crippen molar-refractivity contribution in [1.29, 1.82) is 0 Å². The van der Waals surface area contributed by atoms with Gasteiger partial charge in [0, 0.05) is 28.5 Å². The number of pyridine rings is 1. The molecule has 5 nitrogen and oxygen atoms in total. The molecule has 0 saturated heterocycles. The zero-order valence-electron chi connectivity index (χ0n) is 19.5. The van der Waals surface area contributed by atoms with Crippen LogP contribution in [0.1, 0.15) is 51.3 Å². The normalized spacial score (nSPS) is 18.5. The average molecular weight is 500 g/mol. The molecule has 1 amide bonds. The van der Waals surface area contributed by atoms with Gasteiger partial charge in [0.05, 0.1) is 6.04 Å². The van der Waals surface area contributed by atoms with E-state index in [1.807, 2.05) is 49.4 Å². The van der Waals surface area contributed by atoms with Crippen molar-refractivity contribution in [2.45, 2.75) is 49.7 Å². The maximum Gasteiger partial charge on any atom is 0.408 e. The average Bonchev–Trinajstić information content (AvgIpc) is 2.98. The summed E-state index contributed by atoms with van der Waals surface area (Å²) in [5, 5.41) is 1.77. The molecule has 5 rings (SSSR count). The van der Waals surface area contributed by atoms with Gasteiger partial charge in [-0.05, 0) is 49.1 Å². The molecule has 0 aliphatic carbocycles. The maximum atomic E-state index is 13.8. The number of carbonyl (C=O) groups excluding carboxylic acids is 1. The van der Waals surface area contributed by atoms with Gasteiger partial charge in [-0.25, -0.2) is 0 Å². The van der Waals surface area contributed by atoms with Gasteiger partial charge in [-0.2, -0.15) is 13.2 Å². The predicted molar refractivity (Wildman–Crippen MR) is 129 cm³/mol. The summed E-state index contributed by atoms with van der Waals surface area (Å²) >= 11 is 1.69. The summed E-state index contributed by atoms with van der Waals surface area (Å²) in [7, 11) is 0. The topological polar surface area (TPSA) is 45.6 Å². The quantitative estimate of drug-likeness (QED) is 0.489. The molecule has 9 heteroatoms. The molecule has 2 aliphatic heterocycles. The summed E-state index contributed by atoms with van der Waals surface area (Å²) in [5.74, 6) is -0.0805. The SMILES string of the molecule is Cc1cccc2c1CSc1ccccc1[C@@H]2N1CN(C(C)C(F)(F)F)C(=O)c2c(C)c(=O)ccn21. The number of thioether (sulfide) groups is 1. The van der Waals surface area contributed by atoms with Crippen LogP contribution in [0.3, 0.4) is 0 Å². The van der Waals surface area contributed by atoms with Gasteiger partial charge in [0.1, 0.15) is 18.4 Å². The van der Waals surface area contributed by atoms with E-state index < -0.39 is 24.2 Å². The molecule has 0 saturated carbocycles. The van der Waals surface area contributed by atoms with Crippen LogP contribution in [0.25, 0.3) is 0 Å². The third-order valence-electron chi connectivity index (χ3n) is 6.92. The summed E-state index contributed by atoms with van der Waals surface area (Å²) < 4.78 is 43.1. The summed E-state index contributed by atoms with van der Waals surface area (Å²) in [6, 6.07) is 12.7. The molecule has 2 atom stereocenters. The van der Waals surface area contributed by atoms with E-state index in [1.165, 1.54) is 19.2 Å². The van der Waals surface area contributed by atoms with Gasteiger partial charge in [-0.15, -0.1) is 11.8 Å². The molecule has 2 aromatic carbocycles. The highest BCUT2D eigenvalue weighted by atomic mass is 32.2. The molecule has 3 aromatic rings. The molecule has 2 aliphatic rings. The number of hydrogen-bond donors (Lipinski definition) is 0. The van der Waals surface area contributed by atoms with Gasteiger partial charge in [0.25, 0.3) is 5.91 Å². The fraction of sp³-hybridized carbons (Fsp3) is 0.308. The van der Waals surface area contributed by atoms with E-state index >= 15 is 0 Å². The Kier molecular flexibility index (Phi) is 5.70. The van der Waals surface area contributed by atoms with E-state index in [9.17, 15) is 22.8 Å². The Bertz CT molecular complexity index is 1380. The number of rotatable bonds is 2. The fourth-order valence-electron chi connectivity index (χ4n) is 4.86. The molecule has 0 radical (unpaired) electrons. The van der Waals surface area contributed by atoms with Crippen LogP contribution in [0.4, 0.5) is 13.2 Å². The minimum absolute atomic E-state index is 0.0385. The number of halogens is 3. The summed E-state index contributed by atoms with van der Waals surface area (Å²) in [5.41, 5.74) is 3.82. The Hall–Kier alpha value is -3.20. The number of aryl methyl sites for hydroxylation is 1. The van der Waals surface area contributed by atoms with Gasteiger partial charge in [0.15, 0.2) is 5.43 Å². The highest BCUT2D eigenvalue weighted by Gasteiger charge is 2.47. The second-order valence-corrected chi connectivity index (χ2v) is 9.96. The van der Waals surface area contributed by atoms with Crippen molar-refractivity contribution in [3.8, 4) is 0 Å². The number of nitrogens with zero attached hydrogens (tertiary/aromatic N) is 3. The van der Waals surface area contributed by atoms with Crippen molar-refractivity contribution in [3.63, 3.8) is 0 Å². The zero-order valence-corrected chi connectivity index (χ0v) is 20.3. The fourth-order valence-corrected chi connectivity index (χ4v) is 6.07. The number of amides is 1. The Labute approximate surface area is 205 Å². The van der Waals surface area contributed by atoms with E-state index in [4.69, 9.17) is 0 Å². The van der Waals surface area contributed by atoms with Gasteiger partial charge in [-0.1, -0.05) is 36.4 Å². The van der Waals surface area contributed by atoms with Crippen molar-refractivity contribution in [2.24, 2.45) is 0 Å². The van der Waals surface area contributed by atoms with E-state index in [-0.39, 0.29) is 23.4 Å². The van der Waals surface area contributed by atoms with Gasteiger partial charge in [0.2, 0.25) is 0 Å². The van der Waals surface area contributed by atoms with Crippen LogP contribution >= 0.6 is 11.8 Å². The first-order valence-electron chi connectivity index (χ1n) is 11.3. The van der Waals surface area contributed by atoms with Crippen LogP contribution < -0.4 is 10.4 Å². The first-order valence-corrected chi connectivity index (χ1v) is 12.2. The lowest BCUT2D eigenvalue weighted by molar-refractivity contribution is -0.173. The maximum absolute atomic E-state index is 13.8. The molecule has 3 heterocycles. The van der Waals surface area contributed by atoms with Crippen LogP contribution in [0.15, 0.2) is 64.4 Å². The molecule has 0 fully saturated rings. The molecular formula is C26H24F3N3O2S. The van der Waals surface area contributed by atoms with E-state index in [2.05, 4.69) is 0 Å². The molecule has 0 spiro atoms. The van der Waals surface area contributed by atoms with Crippen molar-refractivity contribution in [3.05, 3.63) is 98.5 Å². The lowest BCUT2D eigenvalue weighted by Crippen LogP contribution is -2.60. The third-order valence-corrected chi connectivity index (χ3v) is 8.04. The minimum Gasteiger partial charge on any atom is -0.306 e.